The first-order valence-corrected chi connectivity index (χ1v) is 8.03. The molecule has 0 bridgehead atoms. The molecule has 122 valence electrons. The van der Waals surface area contributed by atoms with Crippen LogP contribution in [0.2, 0.25) is 0 Å². The maximum absolute atomic E-state index is 6.20. The number of nitrogens with one attached hydrogen (secondary N) is 2. The van der Waals surface area contributed by atoms with Gasteiger partial charge in [-0.3, -0.25) is 10.2 Å². The molecule has 21 heavy (non-hydrogen) atoms. The van der Waals surface area contributed by atoms with Crippen LogP contribution < -0.4 is 22.1 Å². The Balaban J connectivity index is 2.63. The van der Waals surface area contributed by atoms with E-state index in [0.29, 0.717) is 19.6 Å². The van der Waals surface area contributed by atoms with Gasteiger partial charge in [-0.1, -0.05) is 11.6 Å². The van der Waals surface area contributed by atoms with Gasteiger partial charge in [0.25, 0.3) is 0 Å². The SMILES string of the molecule is NCCCNCC(NCCCN)N1C(Cl)=NC(Cl)=NC1Cl. The lowest BCUT2D eigenvalue weighted by atomic mass is 10.3. The molecule has 0 spiro atoms. The van der Waals surface area contributed by atoms with Gasteiger partial charge in [-0.05, 0) is 62.2 Å². The monoisotopic (exact) mass is 357 g/mol. The second kappa shape index (κ2) is 10.6. The zero-order valence-corrected chi connectivity index (χ0v) is 14.0. The summed E-state index contributed by atoms with van der Waals surface area (Å²) in [5, 5.41) is 6.89. The van der Waals surface area contributed by atoms with Crippen molar-refractivity contribution in [3.63, 3.8) is 0 Å². The van der Waals surface area contributed by atoms with Gasteiger partial charge in [0.15, 0.2) is 0 Å². The van der Waals surface area contributed by atoms with E-state index in [2.05, 4.69) is 20.6 Å². The highest BCUT2D eigenvalue weighted by molar-refractivity contribution is 6.72. The van der Waals surface area contributed by atoms with Crippen LogP contribution in [-0.4, -0.2) is 60.0 Å². The fourth-order valence-electron chi connectivity index (χ4n) is 1.78. The van der Waals surface area contributed by atoms with E-state index in [0.717, 1.165) is 25.9 Å². The molecule has 2 unspecified atom stereocenters. The number of nitrogens with zero attached hydrogens (tertiary/aromatic N) is 3. The summed E-state index contributed by atoms with van der Waals surface area (Å²) in [6, 6.07) is 0. The number of rotatable bonds is 10. The Hall–Kier alpha value is -0.150. The summed E-state index contributed by atoms with van der Waals surface area (Å²) < 4.78 is 0. The number of halogens is 3. The van der Waals surface area contributed by atoms with Gasteiger partial charge in [-0.25, -0.2) is 4.99 Å². The zero-order valence-electron chi connectivity index (χ0n) is 11.7. The Kier molecular flexibility index (Phi) is 9.50. The first-order valence-electron chi connectivity index (χ1n) is 6.84. The van der Waals surface area contributed by atoms with Gasteiger partial charge in [-0.2, -0.15) is 4.99 Å². The van der Waals surface area contributed by atoms with Crippen molar-refractivity contribution in [1.82, 2.24) is 15.5 Å². The van der Waals surface area contributed by atoms with E-state index < -0.39 is 5.62 Å². The smallest absolute Gasteiger partial charge is 0.223 e. The molecule has 7 nitrogen and oxygen atoms in total. The van der Waals surface area contributed by atoms with E-state index in [1.54, 1.807) is 4.90 Å². The molecule has 0 aromatic heterocycles. The molecule has 0 fully saturated rings. The van der Waals surface area contributed by atoms with Gasteiger partial charge < -0.3 is 16.8 Å². The van der Waals surface area contributed by atoms with E-state index in [9.17, 15) is 0 Å². The Morgan fingerprint density at radius 1 is 1.19 bits per heavy atom. The Labute approximate surface area is 140 Å². The van der Waals surface area contributed by atoms with Gasteiger partial charge >= 0.3 is 0 Å². The third-order valence-electron chi connectivity index (χ3n) is 2.83. The van der Waals surface area contributed by atoms with Crippen molar-refractivity contribution in [2.45, 2.75) is 24.6 Å². The van der Waals surface area contributed by atoms with E-state index >= 15 is 0 Å². The molecule has 10 heteroatoms. The summed E-state index contributed by atoms with van der Waals surface area (Å²) in [5.41, 5.74) is 10.3. The highest BCUT2D eigenvalue weighted by Gasteiger charge is 2.29. The quantitative estimate of drug-likeness (QED) is 0.254. The molecule has 0 aromatic carbocycles. The van der Waals surface area contributed by atoms with Crippen LogP contribution in [0, 0.1) is 0 Å². The molecule has 6 N–H and O–H groups in total. The van der Waals surface area contributed by atoms with Crippen LogP contribution in [0.15, 0.2) is 9.98 Å². The number of amidine groups is 2. The van der Waals surface area contributed by atoms with Crippen molar-refractivity contribution in [3.05, 3.63) is 0 Å². The first kappa shape index (κ1) is 18.9. The van der Waals surface area contributed by atoms with Gasteiger partial charge in [0.05, 0.1) is 6.17 Å². The minimum Gasteiger partial charge on any atom is -0.330 e. The molecule has 1 aliphatic rings. The number of alkyl halides is 1. The summed E-state index contributed by atoms with van der Waals surface area (Å²) in [5.74, 6) is 0. The third kappa shape index (κ3) is 6.65. The van der Waals surface area contributed by atoms with Gasteiger partial charge in [-0.15, -0.1) is 0 Å². The molecule has 2 atom stereocenters. The van der Waals surface area contributed by atoms with Crippen LogP contribution in [0.5, 0.6) is 0 Å². The molecule has 1 aliphatic heterocycles. The van der Waals surface area contributed by atoms with Crippen molar-refractivity contribution in [2.24, 2.45) is 21.5 Å². The maximum Gasteiger partial charge on any atom is 0.223 e. The summed E-state index contributed by atoms with van der Waals surface area (Å²) >= 11 is 18.1. The van der Waals surface area contributed by atoms with Crippen LogP contribution in [-0.2, 0) is 0 Å². The molecule has 1 rings (SSSR count). The second-order valence-electron chi connectivity index (χ2n) is 4.46. The number of hydrogen-bond donors (Lipinski definition) is 4. The first-order chi connectivity index (χ1) is 10.1. The fraction of sp³-hybridized carbons (Fsp3) is 0.818. The number of aliphatic imine (C=N–C) groups is 2. The predicted octanol–water partition coefficient (Wildman–Crippen LogP) is 0.217. The number of nitrogens with two attached hydrogens (primary N) is 2. The molecule has 0 saturated heterocycles. The molecule has 0 saturated carbocycles. The van der Waals surface area contributed by atoms with Crippen LogP contribution >= 0.6 is 34.8 Å². The average Bonchev–Trinajstić information content (AvgIpc) is 2.42. The highest BCUT2D eigenvalue weighted by atomic mass is 35.5. The number of hydrogen-bond acceptors (Lipinski definition) is 7. The summed E-state index contributed by atoms with van der Waals surface area (Å²) in [6.07, 6.45) is 1.58. The lowest BCUT2D eigenvalue weighted by Gasteiger charge is -2.36. The minimum absolute atomic E-state index is 0.0491. The largest absolute Gasteiger partial charge is 0.330 e. The average molecular weight is 359 g/mol. The Bertz CT molecular complexity index is 364. The lowest BCUT2D eigenvalue weighted by molar-refractivity contribution is 0.243. The van der Waals surface area contributed by atoms with Crippen molar-refractivity contribution in [2.75, 3.05) is 32.7 Å². The summed E-state index contributed by atoms with van der Waals surface area (Å²) in [7, 11) is 0. The molecule has 0 radical (unpaired) electrons. The normalized spacial score (nSPS) is 20.2. The highest BCUT2D eigenvalue weighted by Crippen LogP contribution is 2.19. The van der Waals surface area contributed by atoms with Crippen molar-refractivity contribution in [3.8, 4) is 0 Å². The van der Waals surface area contributed by atoms with E-state index in [1.807, 2.05) is 0 Å². The summed E-state index contributed by atoms with van der Waals surface area (Å²) in [6.45, 7) is 3.41. The zero-order chi connectivity index (χ0) is 15.7. The van der Waals surface area contributed by atoms with Gasteiger partial charge in [0.1, 0.15) is 0 Å². The molecule has 1 heterocycles. The topological polar surface area (TPSA) is 104 Å². The van der Waals surface area contributed by atoms with Gasteiger partial charge in [0.2, 0.25) is 16.2 Å². The molecular formula is C11H22Cl3N7. The third-order valence-corrected chi connectivity index (χ3v) is 3.60. The molecule has 0 aliphatic carbocycles. The maximum atomic E-state index is 6.20. The molecular weight excluding hydrogens is 337 g/mol. The van der Waals surface area contributed by atoms with Crippen molar-refractivity contribution >= 4 is 45.4 Å². The predicted molar refractivity (Wildman–Crippen MR) is 90.1 cm³/mol. The van der Waals surface area contributed by atoms with Crippen LogP contribution in [0.1, 0.15) is 12.8 Å². The van der Waals surface area contributed by atoms with Crippen LogP contribution in [0.25, 0.3) is 0 Å². The van der Waals surface area contributed by atoms with Crippen LogP contribution in [0.3, 0.4) is 0 Å². The van der Waals surface area contributed by atoms with E-state index in [-0.39, 0.29) is 16.8 Å². The lowest BCUT2D eigenvalue weighted by Crippen LogP contribution is -2.56. The van der Waals surface area contributed by atoms with E-state index in [4.69, 9.17) is 46.3 Å². The Morgan fingerprint density at radius 2 is 1.86 bits per heavy atom. The van der Waals surface area contributed by atoms with Crippen molar-refractivity contribution < 1.29 is 0 Å². The molecule has 0 amide bonds. The Morgan fingerprint density at radius 3 is 2.48 bits per heavy atom. The summed E-state index contributed by atoms with van der Waals surface area (Å²) in [4.78, 5) is 9.60. The standard InChI is InChI=1S/C11H22Cl3N7/c12-9-19-10(13)21(11(14)20-9)8(18-6-2-4-16)7-17-5-1-3-15/h8,10,17-18H,1-7,15-16H2. The fourth-order valence-corrected chi connectivity index (χ4v) is 2.71. The minimum atomic E-state index is -0.700. The molecule has 0 aromatic rings. The van der Waals surface area contributed by atoms with E-state index in [1.165, 1.54) is 0 Å². The van der Waals surface area contributed by atoms with Crippen LogP contribution in [0.4, 0.5) is 0 Å². The van der Waals surface area contributed by atoms with Crippen molar-refractivity contribution in [1.29, 1.82) is 0 Å². The second-order valence-corrected chi connectivity index (χ2v) is 5.52. The van der Waals surface area contributed by atoms with Gasteiger partial charge in [0, 0.05) is 6.54 Å².